The first-order valence-corrected chi connectivity index (χ1v) is 9.61. The van der Waals surface area contributed by atoms with Crippen molar-refractivity contribution in [2.75, 3.05) is 31.1 Å². The van der Waals surface area contributed by atoms with E-state index in [0.29, 0.717) is 41.8 Å². The van der Waals surface area contributed by atoms with Crippen LogP contribution < -0.4 is 4.90 Å². The van der Waals surface area contributed by atoms with E-state index in [1.54, 1.807) is 35.5 Å². The quantitative estimate of drug-likeness (QED) is 0.653. The molecule has 2 aromatic heterocycles. The molecule has 1 fully saturated rings. The molecule has 0 spiro atoms. The van der Waals surface area contributed by atoms with Gasteiger partial charge in [0, 0.05) is 49.2 Å². The third-order valence-corrected chi connectivity index (χ3v) is 5.23. The Kier molecular flexibility index (Phi) is 5.41. The van der Waals surface area contributed by atoms with E-state index in [2.05, 4.69) is 20.1 Å². The van der Waals surface area contributed by atoms with E-state index < -0.39 is 0 Å². The van der Waals surface area contributed by atoms with Crippen LogP contribution in [-0.2, 0) is 0 Å². The summed E-state index contributed by atoms with van der Waals surface area (Å²) in [6.07, 6.45) is 3.46. The summed E-state index contributed by atoms with van der Waals surface area (Å²) in [5.74, 6) is 0.717. The maximum Gasteiger partial charge on any atom is 0.255 e. The summed E-state index contributed by atoms with van der Waals surface area (Å²) >= 11 is 12.1. The Bertz CT molecular complexity index is 974. The fourth-order valence-corrected chi connectivity index (χ4v) is 3.63. The number of carbonyl (C=O) groups is 1. The molecule has 1 aliphatic heterocycles. The summed E-state index contributed by atoms with van der Waals surface area (Å²) in [5, 5.41) is 9.55. The first kappa shape index (κ1) is 18.7. The summed E-state index contributed by atoms with van der Waals surface area (Å²) in [6.45, 7) is 2.54. The van der Waals surface area contributed by atoms with Crippen LogP contribution in [0.1, 0.15) is 10.4 Å². The molecule has 3 aromatic rings. The lowest BCUT2D eigenvalue weighted by Gasteiger charge is -2.35. The number of hydrogen-bond donors (Lipinski definition) is 0. The lowest BCUT2D eigenvalue weighted by molar-refractivity contribution is 0.0746. The Morgan fingerprint density at radius 2 is 1.64 bits per heavy atom. The van der Waals surface area contributed by atoms with Crippen LogP contribution in [0.15, 0.2) is 54.9 Å². The molecule has 0 radical (unpaired) electrons. The molecule has 1 amide bonds. The largest absolute Gasteiger partial charge is 0.352 e. The number of halogens is 2. The van der Waals surface area contributed by atoms with Gasteiger partial charge in [0.2, 0.25) is 0 Å². The molecule has 3 heterocycles. The summed E-state index contributed by atoms with van der Waals surface area (Å²) in [4.78, 5) is 20.7. The molecule has 1 aromatic carbocycles. The molecule has 0 unspecified atom stereocenters. The number of hydrogen-bond acceptors (Lipinski definition) is 5. The molecule has 1 aliphatic rings. The minimum absolute atomic E-state index is 0.0829. The fraction of sp³-hybridized carbons (Fsp3) is 0.200. The van der Waals surface area contributed by atoms with Crippen LogP contribution >= 0.6 is 23.2 Å². The van der Waals surface area contributed by atoms with Crippen molar-refractivity contribution in [1.29, 1.82) is 0 Å². The number of pyridine rings is 1. The van der Waals surface area contributed by atoms with Gasteiger partial charge >= 0.3 is 0 Å². The molecular weight excluding hydrogens is 397 g/mol. The van der Waals surface area contributed by atoms with Crippen molar-refractivity contribution in [3.63, 3.8) is 0 Å². The van der Waals surface area contributed by atoms with Gasteiger partial charge in [0.1, 0.15) is 0 Å². The van der Waals surface area contributed by atoms with Crippen LogP contribution in [0.25, 0.3) is 11.3 Å². The van der Waals surface area contributed by atoms with Crippen molar-refractivity contribution in [3.05, 3.63) is 70.5 Å². The van der Waals surface area contributed by atoms with E-state index >= 15 is 0 Å². The molecule has 0 aliphatic carbocycles. The number of nitrogens with zero attached hydrogens (tertiary/aromatic N) is 5. The van der Waals surface area contributed by atoms with Crippen molar-refractivity contribution in [2.24, 2.45) is 0 Å². The highest BCUT2D eigenvalue weighted by Gasteiger charge is 2.24. The SMILES string of the molecule is O=C(c1ccc(Cl)cc1Cl)N1CCN(c2ccc(-c3ccncc3)nn2)CC1. The number of piperazine rings is 1. The maximum absolute atomic E-state index is 12.7. The summed E-state index contributed by atoms with van der Waals surface area (Å²) in [6, 6.07) is 12.6. The number of carbonyl (C=O) groups excluding carboxylic acids is 1. The van der Waals surface area contributed by atoms with Crippen molar-refractivity contribution in [2.45, 2.75) is 0 Å². The topological polar surface area (TPSA) is 62.2 Å². The number of benzene rings is 1. The lowest BCUT2D eigenvalue weighted by atomic mass is 10.1. The maximum atomic E-state index is 12.7. The molecule has 1 saturated heterocycles. The van der Waals surface area contributed by atoms with Gasteiger partial charge in [-0.1, -0.05) is 23.2 Å². The summed E-state index contributed by atoms with van der Waals surface area (Å²) < 4.78 is 0. The first-order valence-electron chi connectivity index (χ1n) is 8.85. The first-order chi connectivity index (χ1) is 13.6. The third kappa shape index (κ3) is 3.93. The predicted octanol–water partition coefficient (Wildman–Crippen LogP) is 3.81. The molecule has 0 N–H and O–H groups in total. The molecule has 0 bridgehead atoms. The molecular formula is C20H17Cl2N5O. The molecule has 0 atom stereocenters. The third-order valence-electron chi connectivity index (χ3n) is 4.68. The second-order valence-electron chi connectivity index (χ2n) is 6.42. The molecule has 6 nitrogen and oxygen atoms in total. The van der Waals surface area contributed by atoms with Gasteiger partial charge in [-0.3, -0.25) is 9.78 Å². The molecule has 28 heavy (non-hydrogen) atoms. The Balaban J connectivity index is 1.40. The molecule has 0 saturated carbocycles. The van der Waals surface area contributed by atoms with E-state index in [1.807, 2.05) is 24.3 Å². The lowest BCUT2D eigenvalue weighted by Crippen LogP contribution is -2.49. The van der Waals surface area contributed by atoms with Gasteiger partial charge in [0.15, 0.2) is 5.82 Å². The normalized spacial score (nSPS) is 14.2. The van der Waals surface area contributed by atoms with Crippen molar-refractivity contribution >= 4 is 34.9 Å². The Labute approximate surface area is 172 Å². The summed E-state index contributed by atoms with van der Waals surface area (Å²) in [7, 11) is 0. The number of aromatic nitrogens is 3. The van der Waals surface area contributed by atoms with Gasteiger partial charge in [-0.15, -0.1) is 10.2 Å². The minimum Gasteiger partial charge on any atom is -0.352 e. The number of anilines is 1. The van der Waals surface area contributed by atoms with Crippen LogP contribution in [-0.4, -0.2) is 52.2 Å². The van der Waals surface area contributed by atoms with Gasteiger partial charge in [-0.05, 0) is 42.5 Å². The van der Waals surface area contributed by atoms with E-state index in [4.69, 9.17) is 23.2 Å². The van der Waals surface area contributed by atoms with Crippen LogP contribution in [0, 0.1) is 0 Å². The fourth-order valence-electron chi connectivity index (χ4n) is 3.14. The molecule has 8 heteroatoms. The van der Waals surface area contributed by atoms with Gasteiger partial charge in [-0.25, -0.2) is 0 Å². The van der Waals surface area contributed by atoms with Crippen LogP contribution in [0.3, 0.4) is 0 Å². The highest BCUT2D eigenvalue weighted by molar-refractivity contribution is 6.36. The van der Waals surface area contributed by atoms with Gasteiger partial charge in [0.05, 0.1) is 16.3 Å². The average Bonchev–Trinajstić information content (AvgIpc) is 2.74. The zero-order valence-electron chi connectivity index (χ0n) is 14.9. The molecule has 142 valence electrons. The second kappa shape index (κ2) is 8.12. The Hall–Kier alpha value is -2.70. The average molecular weight is 414 g/mol. The standard InChI is InChI=1S/C20H17Cl2N5O/c21-15-1-2-16(17(22)13-15)20(28)27-11-9-26(10-12-27)19-4-3-18(24-25-19)14-5-7-23-8-6-14/h1-8,13H,9-12H2. The number of amides is 1. The highest BCUT2D eigenvalue weighted by atomic mass is 35.5. The van der Waals surface area contributed by atoms with E-state index in [-0.39, 0.29) is 5.91 Å². The summed E-state index contributed by atoms with van der Waals surface area (Å²) in [5.41, 5.74) is 2.25. The van der Waals surface area contributed by atoms with Gasteiger partial charge < -0.3 is 9.80 Å². The smallest absolute Gasteiger partial charge is 0.255 e. The van der Waals surface area contributed by atoms with E-state index in [0.717, 1.165) is 17.1 Å². The van der Waals surface area contributed by atoms with Gasteiger partial charge in [0.25, 0.3) is 5.91 Å². The zero-order chi connectivity index (χ0) is 19.5. The Morgan fingerprint density at radius 1 is 0.893 bits per heavy atom. The van der Waals surface area contributed by atoms with E-state index in [9.17, 15) is 4.79 Å². The number of rotatable bonds is 3. The Morgan fingerprint density at radius 3 is 2.29 bits per heavy atom. The zero-order valence-corrected chi connectivity index (χ0v) is 16.4. The van der Waals surface area contributed by atoms with Crippen LogP contribution in [0.2, 0.25) is 10.0 Å². The van der Waals surface area contributed by atoms with Crippen LogP contribution in [0.5, 0.6) is 0 Å². The molecule has 4 rings (SSSR count). The minimum atomic E-state index is -0.0829. The van der Waals surface area contributed by atoms with Gasteiger partial charge in [-0.2, -0.15) is 0 Å². The highest BCUT2D eigenvalue weighted by Crippen LogP contribution is 2.24. The van der Waals surface area contributed by atoms with E-state index in [1.165, 1.54) is 0 Å². The second-order valence-corrected chi connectivity index (χ2v) is 7.26. The predicted molar refractivity (Wildman–Crippen MR) is 110 cm³/mol. The monoisotopic (exact) mass is 413 g/mol. The van der Waals surface area contributed by atoms with Crippen LogP contribution in [0.4, 0.5) is 5.82 Å². The van der Waals surface area contributed by atoms with Crippen molar-refractivity contribution in [1.82, 2.24) is 20.1 Å². The van der Waals surface area contributed by atoms with Crippen molar-refractivity contribution < 1.29 is 4.79 Å². The van der Waals surface area contributed by atoms with Crippen molar-refractivity contribution in [3.8, 4) is 11.3 Å².